The number of hydrogen-bond donors (Lipinski definition) is 2. The Bertz CT molecular complexity index is 706. The van der Waals surface area contributed by atoms with Crippen LogP contribution in [-0.2, 0) is 13.0 Å². The molecule has 1 aliphatic heterocycles. The molecule has 0 atom stereocenters. The summed E-state index contributed by atoms with van der Waals surface area (Å²) in [6.45, 7) is 3.84. The highest BCUT2D eigenvalue weighted by molar-refractivity contribution is 5.79. The van der Waals surface area contributed by atoms with E-state index in [4.69, 9.17) is 0 Å². The quantitative estimate of drug-likeness (QED) is 0.609. The molecule has 1 aromatic carbocycles. The van der Waals surface area contributed by atoms with E-state index in [0.717, 1.165) is 44.4 Å². The van der Waals surface area contributed by atoms with Crippen LogP contribution in [-0.4, -0.2) is 37.6 Å². The molecule has 2 aromatic rings. The average molecular weight is 366 g/mol. The Morgan fingerprint density at radius 1 is 1.00 bits per heavy atom. The Morgan fingerprint density at radius 2 is 1.78 bits per heavy atom. The van der Waals surface area contributed by atoms with E-state index in [0.29, 0.717) is 0 Å². The van der Waals surface area contributed by atoms with Gasteiger partial charge in [0, 0.05) is 39.4 Å². The third-order valence-electron chi connectivity index (χ3n) is 4.97. The van der Waals surface area contributed by atoms with Gasteiger partial charge in [-0.15, -0.1) is 0 Å². The summed E-state index contributed by atoms with van der Waals surface area (Å²) >= 11 is 0. The Labute approximate surface area is 162 Å². The highest BCUT2D eigenvalue weighted by Gasteiger charge is 2.11. The van der Waals surface area contributed by atoms with Gasteiger partial charge in [-0.1, -0.05) is 43.2 Å². The molecule has 1 aromatic heterocycles. The smallest absolute Gasteiger partial charge is 0.191 e. The van der Waals surface area contributed by atoms with Crippen LogP contribution in [0, 0.1) is 0 Å². The van der Waals surface area contributed by atoms with E-state index in [2.05, 4.69) is 61.9 Å². The molecule has 0 radical (unpaired) electrons. The van der Waals surface area contributed by atoms with E-state index >= 15 is 0 Å². The fourth-order valence-corrected chi connectivity index (χ4v) is 3.42. The van der Waals surface area contributed by atoms with Crippen LogP contribution in [0.5, 0.6) is 0 Å². The third-order valence-corrected chi connectivity index (χ3v) is 4.97. The summed E-state index contributed by atoms with van der Waals surface area (Å²) in [5.41, 5.74) is 2.56. The molecule has 5 heteroatoms. The lowest BCUT2D eigenvalue weighted by Gasteiger charge is -2.22. The van der Waals surface area contributed by atoms with E-state index in [1.807, 2.05) is 19.3 Å². The summed E-state index contributed by atoms with van der Waals surface area (Å²) in [4.78, 5) is 11.3. The van der Waals surface area contributed by atoms with Crippen LogP contribution in [0.15, 0.2) is 53.7 Å². The first-order valence-corrected chi connectivity index (χ1v) is 10.0. The first-order valence-electron chi connectivity index (χ1n) is 10.0. The average Bonchev–Trinajstić information content (AvgIpc) is 3.01. The van der Waals surface area contributed by atoms with Crippen molar-refractivity contribution in [3.63, 3.8) is 0 Å². The van der Waals surface area contributed by atoms with Crippen molar-refractivity contribution < 1.29 is 0 Å². The maximum absolute atomic E-state index is 4.59. The number of hydrogen-bond acceptors (Lipinski definition) is 3. The maximum atomic E-state index is 4.59. The summed E-state index contributed by atoms with van der Waals surface area (Å²) in [6, 6.07) is 14.8. The van der Waals surface area contributed by atoms with Gasteiger partial charge in [0.15, 0.2) is 5.96 Å². The normalized spacial score (nSPS) is 15.3. The fraction of sp³-hybridized carbons (Fsp3) is 0.455. The van der Waals surface area contributed by atoms with Crippen molar-refractivity contribution in [2.24, 2.45) is 4.99 Å². The summed E-state index contributed by atoms with van der Waals surface area (Å²) in [5, 5.41) is 6.79. The minimum absolute atomic E-state index is 0.744. The highest BCUT2D eigenvalue weighted by Crippen LogP contribution is 2.18. The first kappa shape index (κ1) is 19.2. The number of guanidine groups is 1. The van der Waals surface area contributed by atoms with Crippen molar-refractivity contribution in [2.45, 2.75) is 38.6 Å². The Balaban J connectivity index is 1.48. The van der Waals surface area contributed by atoms with Gasteiger partial charge in [0.05, 0.1) is 0 Å². The van der Waals surface area contributed by atoms with Gasteiger partial charge in [-0.2, -0.15) is 0 Å². The molecule has 0 unspecified atom stereocenters. The zero-order chi connectivity index (χ0) is 18.7. The van der Waals surface area contributed by atoms with Crippen LogP contribution < -0.4 is 15.5 Å². The van der Waals surface area contributed by atoms with Crippen molar-refractivity contribution >= 4 is 11.8 Å². The zero-order valence-corrected chi connectivity index (χ0v) is 16.3. The molecule has 2 heterocycles. The molecule has 0 saturated carbocycles. The number of aliphatic imine (C=N–C) groups is 1. The van der Waals surface area contributed by atoms with E-state index in [-0.39, 0.29) is 0 Å². The van der Waals surface area contributed by atoms with Crippen LogP contribution in [0.2, 0.25) is 0 Å². The Morgan fingerprint density at radius 3 is 2.52 bits per heavy atom. The number of benzene rings is 1. The van der Waals surface area contributed by atoms with E-state index in [1.165, 1.54) is 36.8 Å². The molecule has 3 rings (SSSR count). The predicted molar refractivity (Wildman–Crippen MR) is 113 cm³/mol. The standard InChI is InChI=1S/C22H31N5/c1-23-22(25-14-11-19-9-5-4-6-10-19)26-18-20-12-13-24-21(17-20)27-15-7-2-3-8-16-27/h4-6,9-10,12-13,17H,2-3,7-8,11,14-16,18H2,1H3,(H2,23,25,26). The Hall–Kier alpha value is -2.56. The molecule has 0 bridgehead atoms. The lowest BCUT2D eigenvalue weighted by molar-refractivity contribution is 0.726. The van der Waals surface area contributed by atoms with Gasteiger partial charge in [0.25, 0.3) is 0 Å². The van der Waals surface area contributed by atoms with Crippen LogP contribution in [0.1, 0.15) is 36.8 Å². The highest BCUT2D eigenvalue weighted by atomic mass is 15.2. The number of anilines is 1. The lowest BCUT2D eigenvalue weighted by atomic mass is 10.1. The van der Waals surface area contributed by atoms with Gasteiger partial charge in [-0.05, 0) is 42.5 Å². The van der Waals surface area contributed by atoms with Gasteiger partial charge in [0.2, 0.25) is 0 Å². The van der Waals surface area contributed by atoms with Gasteiger partial charge >= 0.3 is 0 Å². The number of rotatable bonds is 6. The SMILES string of the molecule is CN=C(NCCc1ccccc1)NCc1ccnc(N2CCCCCC2)c1. The lowest BCUT2D eigenvalue weighted by Crippen LogP contribution is -2.37. The number of pyridine rings is 1. The minimum atomic E-state index is 0.744. The number of nitrogens with one attached hydrogen (secondary N) is 2. The topological polar surface area (TPSA) is 52.6 Å². The van der Waals surface area contributed by atoms with Crippen molar-refractivity contribution in [3.8, 4) is 0 Å². The van der Waals surface area contributed by atoms with Gasteiger partial charge in [-0.3, -0.25) is 4.99 Å². The molecule has 0 aliphatic carbocycles. The zero-order valence-electron chi connectivity index (χ0n) is 16.3. The van der Waals surface area contributed by atoms with Gasteiger partial charge in [0.1, 0.15) is 5.82 Å². The monoisotopic (exact) mass is 365 g/mol. The predicted octanol–water partition coefficient (Wildman–Crippen LogP) is 3.37. The van der Waals surface area contributed by atoms with Crippen LogP contribution in [0.4, 0.5) is 5.82 Å². The van der Waals surface area contributed by atoms with Gasteiger partial charge < -0.3 is 15.5 Å². The van der Waals surface area contributed by atoms with Gasteiger partial charge in [-0.25, -0.2) is 4.98 Å². The second kappa shape index (κ2) is 10.6. The van der Waals surface area contributed by atoms with Crippen LogP contribution in [0.3, 0.4) is 0 Å². The molecular weight excluding hydrogens is 334 g/mol. The molecule has 1 fully saturated rings. The summed E-state index contributed by atoms with van der Waals surface area (Å²) < 4.78 is 0. The molecule has 144 valence electrons. The molecular formula is C22H31N5. The van der Waals surface area contributed by atoms with Crippen molar-refractivity contribution in [2.75, 3.05) is 31.6 Å². The largest absolute Gasteiger partial charge is 0.357 e. The fourth-order valence-electron chi connectivity index (χ4n) is 3.42. The molecule has 0 amide bonds. The summed E-state index contributed by atoms with van der Waals surface area (Å²) in [7, 11) is 1.81. The number of aromatic nitrogens is 1. The second-order valence-electron chi connectivity index (χ2n) is 7.01. The van der Waals surface area contributed by atoms with Crippen molar-refractivity contribution in [3.05, 3.63) is 59.8 Å². The van der Waals surface area contributed by atoms with E-state index < -0.39 is 0 Å². The molecule has 0 spiro atoms. The summed E-state index contributed by atoms with van der Waals surface area (Å²) in [6.07, 6.45) is 8.11. The second-order valence-corrected chi connectivity index (χ2v) is 7.01. The van der Waals surface area contributed by atoms with Crippen LogP contribution >= 0.6 is 0 Å². The number of nitrogens with zero attached hydrogens (tertiary/aromatic N) is 3. The minimum Gasteiger partial charge on any atom is -0.357 e. The summed E-state index contributed by atoms with van der Waals surface area (Å²) in [5.74, 6) is 1.93. The molecule has 2 N–H and O–H groups in total. The molecule has 1 aliphatic rings. The van der Waals surface area contributed by atoms with E-state index in [9.17, 15) is 0 Å². The van der Waals surface area contributed by atoms with Crippen molar-refractivity contribution in [1.82, 2.24) is 15.6 Å². The Kier molecular flexibility index (Phi) is 7.51. The van der Waals surface area contributed by atoms with Crippen LogP contribution in [0.25, 0.3) is 0 Å². The van der Waals surface area contributed by atoms with Crippen molar-refractivity contribution in [1.29, 1.82) is 0 Å². The first-order chi connectivity index (χ1) is 13.3. The molecule has 27 heavy (non-hydrogen) atoms. The molecule has 1 saturated heterocycles. The third kappa shape index (κ3) is 6.27. The van der Waals surface area contributed by atoms with E-state index in [1.54, 1.807) is 0 Å². The maximum Gasteiger partial charge on any atom is 0.191 e. The molecule has 5 nitrogen and oxygen atoms in total.